The number of fused-ring (bicyclic) bond motifs is 2. The highest BCUT2D eigenvalue weighted by Crippen LogP contribution is 2.45. The molecule has 2 heterocycles. The van der Waals surface area contributed by atoms with Crippen LogP contribution in [0.5, 0.6) is 0 Å². The van der Waals surface area contributed by atoms with Crippen molar-refractivity contribution in [1.29, 1.82) is 0 Å². The Morgan fingerprint density at radius 1 is 1.06 bits per heavy atom. The van der Waals surface area contributed by atoms with Crippen molar-refractivity contribution in [3.05, 3.63) is 0 Å². The van der Waals surface area contributed by atoms with Gasteiger partial charge in [-0.1, -0.05) is 13.8 Å². The van der Waals surface area contributed by atoms with Gasteiger partial charge in [-0.2, -0.15) is 0 Å². The summed E-state index contributed by atoms with van der Waals surface area (Å²) in [4.78, 5) is 5.31. The van der Waals surface area contributed by atoms with Crippen LogP contribution >= 0.6 is 0 Å². The molecular weight excluding hydrogens is 220 g/mol. The standard InChI is InChI=1S/C16H30N2/c1-12(2)13-4-6-18(7-5-13)11-16-14-8-15(16)10-17(3)9-14/h12-16H,4-11H2,1-3H3. The molecule has 2 heteroatoms. The van der Waals surface area contributed by atoms with Crippen molar-refractivity contribution in [2.75, 3.05) is 39.8 Å². The SMILES string of the molecule is CC(C)C1CCN(CC2C3CC2CN(C)C3)CC1. The van der Waals surface area contributed by atoms with E-state index in [1.807, 2.05) is 0 Å². The van der Waals surface area contributed by atoms with Crippen LogP contribution in [0.2, 0.25) is 0 Å². The Balaban J connectivity index is 1.45. The van der Waals surface area contributed by atoms with E-state index in [1.54, 1.807) is 0 Å². The summed E-state index contributed by atoms with van der Waals surface area (Å²) >= 11 is 0. The molecule has 18 heavy (non-hydrogen) atoms. The summed E-state index contributed by atoms with van der Waals surface area (Å²) in [5, 5.41) is 0. The Hall–Kier alpha value is -0.0800. The Kier molecular flexibility index (Phi) is 3.68. The molecule has 0 N–H and O–H groups in total. The monoisotopic (exact) mass is 250 g/mol. The first-order chi connectivity index (χ1) is 8.63. The minimum absolute atomic E-state index is 0.892. The van der Waals surface area contributed by atoms with Gasteiger partial charge >= 0.3 is 0 Å². The fourth-order valence-electron chi connectivity index (χ4n) is 4.62. The second-order valence-electron chi connectivity index (χ2n) is 7.52. The summed E-state index contributed by atoms with van der Waals surface area (Å²) in [5.41, 5.74) is 0. The molecule has 2 atom stereocenters. The van der Waals surface area contributed by atoms with Crippen LogP contribution in [-0.4, -0.2) is 49.6 Å². The van der Waals surface area contributed by atoms with Gasteiger partial charge in [-0.15, -0.1) is 0 Å². The van der Waals surface area contributed by atoms with E-state index in [1.165, 1.54) is 52.0 Å². The van der Waals surface area contributed by atoms with Crippen molar-refractivity contribution >= 4 is 0 Å². The molecule has 3 aliphatic rings. The largest absolute Gasteiger partial charge is 0.306 e. The predicted molar refractivity (Wildman–Crippen MR) is 76.6 cm³/mol. The summed E-state index contributed by atoms with van der Waals surface area (Å²) in [6.45, 7) is 11.7. The molecule has 3 fully saturated rings. The van der Waals surface area contributed by atoms with Crippen molar-refractivity contribution in [3.8, 4) is 0 Å². The van der Waals surface area contributed by atoms with Crippen LogP contribution in [-0.2, 0) is 0 Å². The van der Waals surface area contributed by atoms with E-state index in [0.717, 1.165) is 29.6 Å². The lowest BCUT2D eigenvalue weighted by atomic mass is 9.61. The zero-order valence-electron chi connectivity index (χ0n) is 12.4. The third-order valence-electron chi connectivity index (χ3n) is 5.95. The lowest BCUT2D eigenvalue weighted by Crippen LogP contribution is -2.57. The van der Waals surface area contributed by atoms with Crippen LogP contribution in [0.15, 0.2) is 0 Å². The van der Waals surface area contributed by atoms with E-state index in [-0.39, 0.29) is 0 Å². The van der Waals surface area contributed by atoms with E-state index in [4.69, 9.17) is 0 Å². The van der Waals surface area contributed by atoms with E-state index in [0.29, 0.717) is 0 Å². The number of hydrogen-bond acceptors (Lipinski definition) is 2. The Bertz CT molecular complexity index is 269. The van der Waals surface area contributed by atoms with Crippen molar-refractivity contribution in [2.24, 2.45) is 29.6 Å². The van der Waals surface area contributed by atoms with Crippen molar-refractivity contribution < 1.29 is 0 Å². The molecule has 3 rings (SSSR count). The molecule has 0 spiro atoms. The molecule has 0 aromatic rings. The van der Waals surface area contributed by atoms with E-state index in [9.17, 15) is 0 Å². The fraction of sp³-hybridized carbons (Fsp3) is 1.00. The average Bonchev–Trinajstić information content (AvgIpc) is 2.36. The van der Waals surface area contributed by atoms with Gasteiger partial charge < -0.3 is 9.80 Å². The van der Waals surface area contributed by atoms with Crippen LogP contribution in [0.4, 0.5) is 0 Å². The molecule has 1 aliphatic carbocycles. The van der Waals surface area contributed by atoms with E-state index in [2.05, 4.69) is 30.7 Å². The highest BCUT2D eigenvalue weighted by Gasteiger charge is 2.46. The summed E-state index contributed by atoms with van der Waals surface area (Å²) in [7, 11) is 2.30. The zero-order chi connectivity index (χ0) is 12.7. The number of nitrogens with zero attached hydrogens (tertiary/aromatic N) is 2. The lowest BCUT2D eigenvalue weighted by molar-refractivity contribution is -0.0528. The fourth-order valence-corrected chi connectivity index (χ4v) is 4.62. The maximum atomic E-state index is 2.77. The van der Waals surface area contributed by atoms with Crippen LogP contribution in [0.1, 0.15) is 33.1 Å². The van der Waals surface area contributed by atoms with Crippen molar-refractivity contribution in [1.82, 2.24) is 9.80 Å². The van der Waals surface area contributed by atoms with Gasteiger partial charge in [0, 0.05) is 19.6 Å². The molecule has 2 saturated heterocycles. The quantitative estimate of drug-likeness (QED) is 0.759. The topological polar surface area (TPSA) is 6.48 Å². The van der Waals surface area contributed by atoms with Gasteiger partial charge in [0.1, 0.15) is 0 Å². The number of hydrogen-bond donors (Lipinski definition) is 0. The minimum atomic E-state index is 0.892. The lowest BCUT2D eigenvalue weighted by Gasteiger charge is -2.54. The van der Waals surface area contributed by atoms with Gasteiger partial charge in [-0.05, 0) is 69.0 Å². The summed E-state index contributed by atoms with van der Waals surface area (Å²) in [6, 6.07) is 0. The van der Waals surface area contributed by atoms with Gasteiger partial charge in [-0.25, -0.2) is 0 Å². The second kappa shape index (κ2) is 5.13. The van der Waals surface area contributed by atoms with Gasteiger partial charge in [0.25, 0.3) is 0 Å². The van der Waals surface area contributed by atoms with Crippen molar-refractivity contribution in [2.45, 2.75) is 33.1 Å². The maximum Gasteiger partial charge on any atom is 0.00159 e. The molecule has 0 amide bonds. The number of rotatable bonds is 3. The maximum absolute atomic E-state index is 2.77. The van der Waals surface area contributed by atoms with Crippen LogP contribution in [0.3, 0.4) is 0 Å². The van der Waals surface area contributed by atoms with Crippen LogP contribution < -0.4 is 0 Å². The van der Waals surface area contributed by atoms with E-state index < -0.39 is 0 Å². The highest BCUT2D eigenvalue weighted by molar-refractivity contribution is 4.97. The Labute approximate surface area is 113 Å². The molecule has 2 nitrogen and oxygen atoms in total. The normalized spacial score (nSPS) is 39.0. The smallest absolute Gasteiger partial charge is 0.00159 e. The molecule has 1 saturated carbocycles. The number of piperidine rings is 3. The summed E-state index contributed by atoms with van der Waals surface area (Å²) in [6.07, 6.45) is 4.41. The van der Waals surface area contributed by atoms with Crippen LogP contribution in [0.25, 0.3) is 0 Å². The van der Waals surface area contributed by atoms with Gasteiger partial charge in [0.05, 0.1) is 0 Å². The molecule has 2 bridgehead atoms. The Morgan fingerprint density at radius 3 is 2.22 bits per heavy atom. The third-order valence-corrected chi connectivity index (χ3v) is 5.95. The molecule has 0 aromatic heterocycles. The molecular formula is C16H30N2. The molecule has 0 aromatic carbocycles. The molecule has 0 radical (unpaired) electrons. The Morgan fingerprint density at radius 2 is 1.67 bits per heavy atom. The molecule has 104 valence electrons. The van der Waals surface area contributed by atoms with Crippen molar-refractivity contribution in [3.63, 3.8) is 0 Å². The summed E-state index contributed by atoms with van der Waals surface area (Å²) < 4.78 is 0. The van der Waals surface area contributed by atoms with Crippen LogP contribution in [0, 0.1) is 29.6 Å². The van der Waals surface area contributed by atoms with Gasteiger partial charge in [0.2, 0.25) is 0 Å². The van der Waals surface area contributed by atoms with Gasteiger partial charge in [0.15, 0.2) is 0 Å². The molecule has 2 unspecified atom stereocenters. The first-order valence-electron chi connectivity index (χ1n) is 8.04. The highest BCUT2D eigenvalue weighted by atomic mass is 15.2. The predicted octanol–water partition coefficient (Wildman–Crippen LogP) is 2.55. The van der Waals surface area contributed by atoms with E-state index >= 15 is 0 Å². The summed E-state index contributed by atoms with van der Waals surface area (Å²) in [5.74, 6) is 4.97. The first-order valence-corrected chi connectivity index (χ1v) is 8.04. The minimum Gasteiger partial charge on any atom is -0.306 e. The van der Waals surface area contributed by atoms with Gasteiger partial charge in [-0.3, -0.25) is 0 Å². The first kappa shape index (κ1) is 12.9. The zero-order valence-corrected chi connectivity index (χ0v) is 12.4. The molecule has 2 aliphatic heterocycles. The second-order valence-corrected chi connectivity index (χ2v) is 7.52. The average molecular weight is 250 g/mol. The third kappa shape index (κ3) is 2.46. The number of likely N-dealkylation sites (tertiary alicyclic amines) is 2.